The molecule has 5 nitrogen and oxygen atoms in total. The average Bonchev–Trinajstić information content (AvgIpc) is 2.91. The van der Waals surface area contributed by atoms with Crippen LogP contribution in [0.25, 0.3) is 0 Å². The van der Waals surface area contributed by atoms with Crippen LogP contribution >= 0.6 is 27.5 Å². The molecule has 1 atom stereocenters. The van der Waals surface area contributed by atoms with Crippen LogP contribution in [-0.4, -0.2) is 41.5 Å². The molecule has 2 aliphatic rings. The molecule has 1 N–H and O–H groups in total. The zero-order valence-electron chi connectivity index (χ0n) is 15.9. The summed E-state index contributed by atoms with van der Waals surface area (Å²) in [5.74, 6) is -0.748. The minimum atomic E-state index is -1.88. The van der Waals surface area contributed by atoms with Gasteiger partial charge in [-0.05, 0) is 68.4 Å². The molecule has 1 unspecified atom stereocenters. The molecule has 152 valence electrons. The second-order valence-electron chi connectivity index (χ2n) is 7.68. The number of likely N-dealkylation sites (tertiary alicyclic amines) is 1. The molecular weight excluding hydrogens is 456 g/mol. The van der Waals surface area contributed by atoms with Crippen molar-refractivity contribution in [1.29, 1.82) is 0 Å². The summed E-state index contributed by atoms with van der Waals surface area (Å²) in [5, 5.41) is 12.0. The van der Waals surface area contributed by atoms with Crippen LogP contribution in [0.3, 0.4) is 0 Å². The van der Waals surface area contributed by atoms with Gasteiger partial charge in [-0.25, -0.2) is 0 Å². The molecule has 2 heterocycles. The van der Waals surface area contributed by atoms with Gasteiger partial charge in [0.15, 0.2) is 11.4 Å². The van der Waals surface area contributed by atoms with Crippen molar-refractivity contribution in [3.63, 3.8) is 0 Å². The lowest BCUT2D eigenvalue weighted by Crippen LogP contribution is -2.47. The summed E-state index contributed by atoms with van der Waals surface area (Å²) in [6, 6.07) is 11.9. The Morgan fingerprint density at radius 2 is 1.79 bits per heavy atom. The van der Waals surface area contributed by atoms with E-state index in [9.17, 15) is 14.7 Å². The Bertz CT molecular complexity index is 944. The SMILES string of the molecule is O=C(CC1(O)C(=O)N(CN2CCCCC2)c2ccc(Br)cc21)c1ccc(Cl)cc1. The van der Waals surface area contributed by atoms with Gasteiger partial charge in [0.05, 0.1) is 18.8 Å². The summed E-state index contributed by atoms with van der Waals surface area (Å²) in [7, 11) is 0. The lowest BCUT2D eigenvalue weighted by molar-refractivity contribution is -0.136. The van der Waals surface area contributed by atoms with Crippen LogP contribution in [0, 0.1) is 0 Å². The number of rotatable bonds is 5. The van der Waals surface area contributed by atoms with Crippen LogP contribution in [0.15, 0.2) is 46.9 Å². The fourth-order valence-corrected chi connectivity index (χ4v) is 4.59. The maximum atomic E-state index is 13.4. The second-order valence-corrected chi connectivity index (χ2v) is 9.03. The van der Waals surface area contributed by atoms with E-state index in [-0.39, 0.29) is 12.2 Å². The first-order chi connectivity index (χ1) is 13.9. The Labute approximate surface area is 183 Å². The third-order valence-corrected chi connectivity index (χ3v) is 6.41. The lowest BCUT2D eigenvalue weighted by Gasteiger charge is -2.31. The molecule has 0 saturated carbocycles. The number of carbonyl (C=O) groups is 2. The topological polar surface area (TPSA) is 60.9 Å². The Morgan fingerprint density at radius 3 is 2.48 bits per heavy atom. The van der Waals surface area contributed by atoms with E-state index in [2.05, 4.69) is 20.8 Å². The monoisotopic (exact) mass is 476 g/mol. The first-order valence-corrected chi connectivity index (χ1v) is 10.9. The van der Waals surface area contributed by atoms with E-state index in [1.54, 1.807) is 35.2 Å². The van der Waals surface area contributed by atoms with Crippen LogP contribution in [0.2, 0.25) is 5.02 Å². The van der Waals surface area contributed by atoms with Gasteiger partial charge in [0, 0.05) is 20.6 Å². The Morgan fingerprint density at radius 1 is 1.10 bits per heavy atom. The van der Waals surface area contributed by atoms with Gasteiger partial charge in [0.2, 0.25) is 0 Å². The molecule has 29 heavy (non-hydrogen) atoms. The first-order valence-electron chi connectivity index (χ1n) is 9.74. The van der Waals surface area contributed by atoms with Gasteiger partial charge >= 0.3 is 0 Å². The Kier molecular flexibility index (Phi) is 5.80. The Hall–Kier alpha value is -1.73. The van der Waals surface area contributed by atoms with Crippen molar-refractivity contribution in [1.82, 2.24) is 4.90 Å². The van der Waals surface area contributed by atoms with Crippen molar-refractivity contribution < 1.29 is 14.7 Å². The highest BCUT2D eigenvalue weighted by Gasteiger charge is 2.51. The number of anilines is 1. The highest BCUT2D eigenvalue weighted by molar-refractivity contribution is 9.10. The molecule has 2 aliphatic heterocycles. The van der Waals surface area contributed by atoms with E-state index in [0.29, 0.717) is 28.5 Å². The minimum absolute atomic E-state index is 0.303. The van der Waals surface area contributed by atoms with Crippen molar-refractivity contribution in [2.45, 2.75) is 31.3 Å². The number of carbonyl (C=O) groups excluding carboxylic acids is 2. The van der Waals surface area contributed by atoms with Gasteiger partial charge in [0.1, 0.15) is 0 Å². The van der Waals surface area contributed by atoms with Gasteiger partial charge in [-0.1, -0.05) is 34.0 Å². The summed E-state index contributed by atoms with van der Waals surface area (Å²) in [5.41, 5.74) is -0.334. The predicted octanol–water partition coefficient (Wildman–Crippen LogP) is 4.35. The van der Waals surface area contributed by atoms with Gasteiger partial charge in [0.25, 0.3) is 5.91 Å². The van der Waals surface area contributed by atoms with Crippen molar-refractivity contribution in [2.75, 3.05) is 24.7 Å². The number of hydrogen-bond donors (Lipinski definition) is 1. The number of nitrogens with zero attached hydrogens (tertiary/aromatic N) is 2. The maximum Gasteiger partial charge on any atom is 0.265 e. The standard InChI is InChI=1S/C22H22BrClN2O3/c23-16-6-9-19-18(12-16)22(29,13-20(27)15-4-7-17(24)8-5-15)21(28)26(19)14-25-10-2-1-3-11-25/h4-9,12,29H,1-3,10-11,13-14H2. The fourth-order valence-electron chi connectivity index (χ4n) is 4.11. The predicted molar refractivity (Wildman–Crippen MR) is 116 cm³/mol. The number of piperidine rings is 1. The van der Waals surface area contributed by atoms with Crippen molar-refractivity contribution in [2.24, 2.45) is 0 Å². The number of amides is 1. The third kappa shape index (κ3) is 3.99. The third-order valence-electron chi connectivity index (χ3n) is 5.67. The molecule has 7 heteroatoms. The minimum Gasteiger partial charge on any atom is -0.375 e. The quantitative estimate of drug-likeness (QED) is 0.650. The van der Waals surface area contributed by atoms with E-state index in [1.165, 1.54) is 6.42 Å². The van der Waals surface area contributed by atoms with Crippen LogP contribution in [0.5, 0.6) is 0 Å². The number of hydrogen-bond acceptors (Lipinski definition) is 4. The summed E-state index contributed by atoms with van der Waals surface area (Å²) in [6.45, 7) is 2.28. The number of benzene rings is 2. The molecular formula is C22H22BrClN2O3. The van der Waals surface area contributed by atoms with E-state index < -0.39 is 11.5 Å². The van der Waals surface area contributed by atoms with Crippen molar-refractivity contribution >= 4 is 44.9 Å². The van der Waals surface area contributed by atoms with Gasteiger partial charge in [-0.2, -0.15) is 0 Å². The normalized spacial score (nSPS) is 22.0. The van der Waals surface area contributed by atoms with E-state index in [0.717, 1.165) is 30.4 Å². The van der Waals surface area contributed by atoms with Crippen molar-refractivity contribution in [3.05, 3.63) is 63.1 Å². The number of Topliss-reactive ketones (excluding diaryl/α,β-unsaturated/α-hetero) is 1. The molecule has 1 fully saturated rings. The molecule has 0 aromatic heterocycles. The van der Waals surface area contributed by atoms with E-state index in [4.69, 9.17) is 11.6 Å². The highest BCUT2D eigenvalue weighted by Crippen LogP contribution is 2.44. The van der Waals surface area contributed by atoms with Gasteiger partial charge in [-0.15, -0.1) is 0 Å². The van der Waals surface area contributed by atoms with Crippen LogP contribution in [0.1, 0.15) is 41.6 Å². The lowest BCUT2D eigenvalue weighted by atomic mass is 9.88. The molecule has 4 rings (SSSR count). The molecule has 1 amide bonds. The highest BCUT2D eigenvalue weighted by atomic mass is 79.9. The zero-order valence-corrected chi connectivity index (χ0v) is 18.2. The molecule has 2 aromatic rings. The number of ketones is 1. The van der Waals surface area contributed by atoms with Crippen LogP contribution in [-0.2, 0) is 10.4 Å². The van der Waals surface area contributed by atoms with Gasteiger partial charge < -0.3 is 5.11 Å². The number of halogens is 2. The van der Waals surface area contributed by atoms with E-state index in [1.807, 2.05) is 12.1 Å². The molecule has 0 aliphatic carbocycles. The Balaban J connectivity index is 1.65. The number of aliphatic hydroxyl groups is 1. The molecule has 2 aromatic carbocycles. The van der Waals surface area contributed by atoms with Crippen LogP contribution in [0.4, 0.5) is 5.69 Å². The summed E-state index contributed by atoms with van der Waals surface area (Å²) >= 11 is 9.33. The molecule has 0 radical (unpaired) electrons. The zero-order chi connectivity index (χ0) is 20.6. The first kappa shape index (κ1) is 20.5. The molecule has 0 bridgehead atoms. The molecule has 0 spiro atoms. The van der Waals surface area contributed by atoms with Crippen LogP contribution < -0.4 is 4.90 Å². The summed E-state index contributed by atoms with van der Waals surface area (Å²) in [6.07, 6.45) is 3.10. The molecule has 1 saturated heterocycles. The average molecular weight is 478 g/mol. The van der Waals surface area contributed by atoms with Crippen molar-refractivity contribution in [3.8, 4) is 0 Å². The fraction of sp³-hybridized carbons (Fsp3) is 0.364. The summed E-state index contributed by atoms with van der Waals surface area (Å²) in [4.78, 5) is 30.0. The smallest absolute Gasteiger partial charge is 0.265 e. The summed E-state index contributed by atoms with van der Waals surface area (Å²) < 4.78 is 0.751. The maximum absolute atomic E-state index is 13.4. The largest absolute Gasteiger partial charge is 0.375 e. The van der Waals surface area contributed by atoms with E-state index >= 15 is 0 Å². The van der Waals surface area contributed by atoms with Gasteiger partial charge in [-0.3, -0.25) is 19.4 Å². The number of fused-ring (bicyclic) bond motifs is 1. The second kappa shape index (κ2) is 8.19.